The summed E-state index contributed by atoms with van der Waals surface area (Å²) in [5, 5.41) is 0. The molecule has 0 aliphatic rings. The molecule has 0 aromatic rings. The van der Waals surface area contributed by atoms with E-state index in [4.69, 9.17) is 0 Å². The predicted molar refractivity (Wildman–Crippen MR) is 34.7 cm³/mol. The molecule has 9 heavy (non-hydrogen) atoms. The Hall–Kier alpha value is -0.400. The molecule has 0 aromatic heterocycles. The number of alkyl halides is 2. The van der Waals surface area contributed by atoms with Gasteiger partial charge in [-0.2, -0.15) is 0 Å². The molecule has 0 saturated carbocycles. The molecule has 0 aromatic carbocycles. The third kappa shape index (κ3) is 3.22. The highest BCUT2D eigenvalue weighted by Gasteiger charge is 2.23. The molecule has 0 N–H and O–H groups in total. The van der Waals surface area contributed by atoms with Crippen molar-refractivity contribution < 1.29 is 8.78 Å². The minimum absolute atomic E-state index is 0.0324. The molecule has 0 spiro atoms. The van der Waals surface area contributed by atoms with Crippen LogP contribution < -0.4 is 0 Å². The van der Waals surface area contributed by atoms with Crippen LogP contribution in [0.4, 0.5) is 8.78 Å². The number of rotatable bonds is 3. The van der Waals surface area contributed by atoms with E-state index in [9.17, 15) is 8.78 Å². The monoisotopic (exact) mass is 134 g/mol. The van der Waals surface area contributed by atoms with Crippen molar-refractivity contribution in [1.82, 2.24) is 0 Å². The van der Waals surface area contributed by atoms with Gasteiger partial charge in [0, 0.05) is 6.92 Å². The van der Waals surface area contributed by atoms with Gasteiger partial charge in [-0.25, -0.2) is 8.78 Å². The lowest BCUT2D eigenvalue weighted by Crippen LogP contribution is -2.12. The van der Waals surface area contributed by atoms with Crippen LogP contribution in [0.3, 0.4) is 0 Å². The number of hydrogen-bond donors (Lipinski definition) is 0. The van der Waals surface area contributed by atoms with Crippen LogP contribution in [-0.2, 0) is 0 Å². The zero-order valence-electron chi connectivity index (χ0n) is 5.88. The van der Waals surface area contributed by atoms with Crippen molar-refractivity contribution in [2.45, 2.75) is 32.6 Å². The Kier molecular flexibility index (Phi) is 2.82. The van der Waals surface area contributed by atoms with Crippen molar-refractivity contribution >= 4 is 0 Å². The van der Waals surface area contributed by atoms with E-state index in [1.807, 2.05) is 6.92 Å². The zero-order chi connectivity index (χ0) is 7.49. The van der Waals surface area contributed by atoms with E-state index >= 15 is 0 Å². The van der Waals surface area contributed by atoms with Gasteiger partial charge in [0.15, 0.2) is 0 Å². The lowest BCUT2D eigenvalue weighted by atomic mass is 10.1. The van der Waals surface area contributed by atoms with Crippen LogP contribution >= 0.6 is 0 Å². The van der Waals surface area contributed by atoms with Crippen molar-refractivity contribution in [3.05, 3.63) is 12.2 Å². The SMILES string of the molecule is C=C(CCC)C(C)(F)F. The zero-order valence-corrected chi connectivity index (χ0v) is 5.88. The average molecular weight is 134 g/mol. The van der Waals surface area contributed by atoms with Gasteiger partial charge in [-0.3, -0.25) is 0 Å². The molecule has 0 rings (SSSR count). The number of allylic oxidation sites excluding steroid dienone is 1. The van der Waals surface area contributed by atoms with E-state index < -0.39 is 5.92 Å². The molecule has 0 radical (unpaired) electrons. The van der Waals surface area contributed by atoms with Crippen LogP contribution in [0.5, 0.6) is 0 Å². The van der Waals surface area contributed by atoms with Crippen LogP contribution in [0.25, 0.3) is 0 Å². The molecule has 0 fully saturated rings. The standard InChI is InChI=1S/C7H12F2/c1-4-5-6(2)7(3,8)9/h2,4-5H2,1,3H3. The smallest absolute Gasteiger partial charge is 0.202 e. The van der Waals surface area contributed by atoms with Crippen LogP contribution in [0.2, 0.25) is 0 Å². The third-order valence-corrected chi connectivity index (χ3v) is 1.17. The maximum absolute atomic E-state index is 12.2. The first kappa shape index (κ1) is 8.60. The fraction of sp³-hybridized carbons (Fsp3) is 0.714. The molecular formula is C7H12F2. The first-order chi connectivity index (χ1) is 3.98. The van der Waals surface area contributed by atoms with Gasteiger partial charge >= 0.3 is 0 Å². The van der Waals surface area contributed by atoms with E-state index in [1.165, 1.54) is 0 Å². The molecule has 54 valence electrons. The molecule has 0 aliphatic heterocycles. The van der Waals surface area contributed by atoms with Gasteiger partial charge in [0.2, 0.25) is 0 Å². The summed E-state index contributed by atoms with van der Waals surface area (Å²) in [5.41, 5.74) is 0.0324. The topological polar surface area (TPSA) is 0 Å². The molecular weight excluding hydrogens is 122 g/mol. The Morgan fingerprint density at radius 1 is 1.56 bits per heavy atom. The summed E-state index contributed by atoms with van der Waals surface area (Å²) in [4.78, 5) is 0. The maximum atomic E-state index is 12.2. The van der Waals surface area contributed by atoms with Gasteiger partial charge in [0.1, 0.15) is 0 Å². The molecule has 0 saturated heterocycles. The third-order valence-electron chi connectivity index (χ3n) is 1.17. The molecule has 0 heterocycles. The molecule has 0 nitrogen and oxygen atoms in total. The summed E-state index contributed by atoms with van der Waals surface area (Å²) in [6.07, 6.45) is 1.16. The van der Waals surface area contributed by atoms with E-state index in [-0.39, 0.29) is 5.57 Å². The highest BCUT2D eigenvalue weighted by Crippen LogP contribution is 2.24. The van der Waals surface area contributed by atoms with Gasteiger partial charge in [0.25, 0.3) is 5.92 Å². The van der Waals surface area contributed by atoms with E-state index in [2.05, 4.69) is 6.58 Å². The first-order valence-electron chi connectivity index (χ1n) is 3.04. The second-order valence-electron chi connectivity index (χ2n) is 2.24. The fourth-order valence-electron chi connectivity index (χ4n) is 0.521. The van der Waals surface area contributed by atoms with Gasteiger partial charge < -0.3 is 0 Å². The molecule has 0 atom stereocenters. The summed E-state index contributed by atoms with van der Waals surface area (Å²) in [6, 6.07) is 0. The Labute approximate surface area is 54.6 Å². The Bertz CT molecular complexity index is 100.0. The van der Waals surface area contributed by atoms with Crippen LogP contribution in [0.15, 0.2) is 12.2 Å². The fourth-order valence-corrected chi connectivity index (χ4v) is 0.521. The van der Waals surface area contributed by atoms with E-state index in [1.54, 1.807) is 0 Å². The van der Waals surface area contributed by atoms with Crippen molar-refractivity contribution in [2.24, 2.45) is 0 Å². The van der Waals surface area contributed by atoms with Gasteiger partial charge in [-0.05, 0) is 12.0 Å². The van der Waals surface area contributed by atoms with Gasteiger partial charge in [0.05, 0.1) is 0 Å². The molecule has 0 bridgehead atoms. The molecule has 0 amide bonds. The highest BCUT2D eigenvalue weighted by molar-refractivity contribution is 5.04. The first-order valence-corrected chi connectivity index (χ1v) is 3.04. The highest BCUT2D eigenvalue weighted by atomic mass is 19.3. The summed E-state index contributed by atoms with van der Waals surface area (Å²) in [7, 11) is 0. The van der Waals surface area contributed by atoms with Gasteiger partial charge in [-0.1, -0.05) is 19.9 Å². The minimum atomic E-state index is -2.68. The number of halogens is 2. The van der Waals surface area contributed by atoms with Crippen LogP contribution in [-0.4, -0.2) is 5.92 Å². The Morgan fingerprint density at radius 3 is 2.11 bits per heavy atom. The average Bonchev–Trinajstić information content (AvgIpc) is 1.64. The lowest BCUT2D eigenvalue weighted by Gasteiger charge is -2.11. The maximum Gasteiger partial charge on any atom is 0.266 e. The molecule has 0 unspecified atom stereocenters. The largest absolute Gasteiger partial charge is 0.266 e. The summed E-state index contributed by atoms with van der Waals surface area (Å²) >= 11 is 0. The van der Waals surface area contributed by atoms with Crippen LogP contribution in [0, 0.1) is 0 Å². The van der Waals surface area contributed by atoms with Crippen molar-refractivity contribution in [3.63, 3.8) is 0 Å². The van der Waals surface area contributed by atoms with E-state index in [0.29, 0.717) is 6.42 Å². The predicted octanol–water partition coefficient (Wildman–Crippen LogP) is 3.00. The molecule has 0 aliphatic carbocycles. The molecule has 2 heteroatoms. The Balaban J connectivity index is 3.74. The Morgan fingerprint density at radius 2 is 2.00 bits per heavy atom. The second kappa shape index (κ2) is 2.95. The van der Waals surface area contributed by atoms with Crippen molar-refractivity contribution in [1.29, 1.82) is 0 Å². The van der Waals surface area contributed by atoms with Crippen molar-refractivity contribution in [3.8, 4) is 0 Å². The quantitative estimate of drug-likeness (QED) is 0.520. The van der Waals surface area contributed by atoms with Crippen molar-refractivity contribution in [2.75, 3.05) is 0 Å². The van der Waals surface area contributed by atoms with Gasteiger partial charge in [-0.15, -0.1) is 0 Å². The minimum Gasteiger partial charge on any atom is -0.202 e. The lowest BCUT2D eigenvalue weighted by molar-refractivity contribution is 0.0600. The number of hydrogen-bond acceptors (Lipinski definition) is 0. The summed E-state index contributed by atoms with van der Waals surface area (Å²) in [5.74, 6) is -2.68. The summed E-state index contributed by atoms with van der Waals surface area (Å²) in [6.45, 7) is 6.00. The second-order valence-corrected chi connectivity index (χ2v) is 2.24. The van der Waals surface area contributed by atoms with Crippen LogP contribution in [0.1, 0.15) is 26.7 Å². The van der Waals surface area contributed by atoms with E-state index in [0.717, 1.165) is 13.3 Å². The summed E-state index contributed by atoms with van der Waals surface area (Å²) < 4.78 is 24.4. The normalized spacial score (nSPS) is 11.6.